The van der Waals surface area contributed by atoms with E-state index in [-0.39, 0.29) is 6.61 Å². The van der Waals surface area contributed by atoms with Gasteiger partial charge < -0.3 is 15.7 Å². The molecule has 0 unspecified atom stereocenters. The van der Waals surface area contributed by atoms with Crippen LogP contribution in [0.3, 0.4) is 0 Å². The second-order valence-electron chi connectivity index (χ2n) is 3.77. The minimum absolute atomic E-state index is 0.276. The van der Waals surface area contributed by atoms with Crippen molar-refractivity contribution in [3.05, 3.63) is 11.9 Å². The third-order valence-electron chi connectivity index (χ3n) is 2.52. The van der Waals surface area contributed by atoms with Gasteiger partial charge in [-0.05, 0) is 18.6 Å². The van der Waals surface area contributed by atoms with Gasteiger partial charge in [-0.3, -0.25) is 0 Å². The summed E-state index contributed by atoms with van der Waals surface area (Å²) in [5.74, 6) is 3.83. The van der Waals surface area contributed by atoms with Gasteiger partial charge in [0.1, 0.15) is 18.0 Å². The molecule has 1 heterocycles. The molecular formula is C12H22N4OS. The number of hydrogen-bond donors (Lipinski definition) is 3. The summed E-state index contributed by atoms with van der Waals surface area (Å²) in [5.41, 5.74) is 1.13. The summed E-state index contributed by atoms with van der Waals surface area (Å²) < 4.78 is 0. The van der Waals surface area contributed by atoms with Gasteiger partial charge in [0, 0.05) is 31.5 Å². The molecule has 0 radical (unpaired) electrons. The lowest BCUT2D eigenvalue weighted by atomic mass is 10.2. The minimum atomic E-state index is 0.276. The molecule has 0 bridgehead atoms. The Balaban J connectivity index is 2.41. The lowest BCUT2D eigenvalue weighted by Crippen LogP contribution is -2.10. The van der Waals surface area contributed by atoms with Crippen molar-refractivity contribution in [1.82, 2.24) is 9.97 Å². The highest BCUT2D eigenvalue weighted by Crippen LogP contribution is 2.19. The molecule has 1 aromatic heterocycles. The number of hydrogen-bond acceptors (Lipinski definition) is 6. The van der Waals surface area contributed by atoms with Crippen molar-refractivity contribution in [3.63, 3.8) is 0 Å². The zero-order chi connectivity index (χ0) is 13.2. The Hall–Kier alpha value is -1.01. The van der Waals surface area contributed by atoms with E-state index in [1.54, 1.807) is 6.33 Å². The quantitative estimate of drug-likeness (QED) is 0.592. The van der Waals surface area contributed by atoms with Crippen LogP contribution in [0.2, 0.25) is 0 Å². The Morgan fingerprint density at radius 1 is 1.28 bits per heavy atom. The first-order valence-electron chi connectivity index (χ1n) is 6.27. The van der Waals surface area contributed by atoms with E-state index < -0.39 is 0 Å². The molecule has 0 amide bonds. The number of aliphatic hydroxyl groups is 1. The van der Waals surface area contributed by atoms with Crippen LogP contribution in [0.4, 0.5) is 11.6 Å². The molecular weight excluding hydrogens is 248 g/mol. The number of rotatable bonds is 9. The Morgan fingerprint density at radius 2 is 2.06 bits per heavy atom. The molecule has 6 heteroatoms. The van der Waals surface area contributed by atoms with Crippen molar-refractivity contribution >= 4 is 23.4 Å². The summed E-state index contributed by atoms with van der Waals surface area (Å²) >= 11 is 1.84. The number of aliphatic hydroxyl groups excluding tert-OH is 1. The molecule has 1 rings (SSSR count). The van der Waals surface area contributed by atoms with E-state index in [2.05, 4.69) is 27.5 Å². The standard InChI is InChI=1S/C12H22N4OS/c1-3-10-11(13-2)15-9-16-12(10)14-5-8-18-7-4-6-17/h9,17H,3-8H2,1-2H3,(H2,13,14,15,16). The first-order valence-corrected chi connectivity index (χ1v) is 7.43. The summed E-state index contributed by atoms with van der Waals surface area (Å²) in [7, 11) is 1.87. The van der Waals surface area contributed by atoms with Gasteiger partial charge in [0.2, 0.25) is 0 Å². The first kappa shape index (κ1) is 15.0. The summed E-state index contributed by atoms with van der Waals surface area (Å²) in [6.07, 6.45) is 3.34. The summed E-state index contributed by atoms with van der Waals surface area (Å²) in [5, 5.41) is 15.1. The SMILES string of the molecule is CCc1c(NC)ncnc1NCCSCCCO. The fourth-order valence-corrected chi connectivity index (χ4v) is 2.41. The Kier molecular flexibility index (Phi) is 7.52. The zero-order valence-corrected chi connectivity index (χ0v) is 11.9. The normalized spacial score (nSPS) is 10.4. The lowest BCUT2D eigenvalue weighted by Gasteiger charge is -2.12. The zero-order valence-electron chi connectivity index (χ0n) is 11.1. The van der Waals surface area contributed by atoms with Crippen LogP contribution in [0.5, 0.6) is 0 Å². The molecule has 0 saturated heterocycles. The molecule has 0 saturated carbocycles. The van der Waals surface area contributed by atoms with Gasteiger partial charge in [0.25, 0.3) is 0 Å². The molecule has 0 aromatic carbocycles. The van der Waals surface area contributed by atoms with Crippen molar-refractivity contribution in [2.45, 2.75) is 19.8 Å². The van der Waals surface area contributed by atoms with Crippen LogP contribution < -0.4 is 10.6 Å². The summed E-state index contributed by atoms with van der Waals surface area (Å²) in [4.78, 5) is 8.48. The molecule has 0 spiro atoms. The van der Waals surface area contributed by atoms with Crippen LogP contribution in [0.15, 0.2) is 6.33 Å². The molecule has 102 valence electrons. The molecule has 0 aliphatic heterocycles. The number of aromatic nitrogens is 2. The van der Waals surface area contributed by atoms with Crippen molar-refractivity contribution in [2.24, 2.45) is 0 Å². The smallest absolute Gasteiger partial charge is 0.134 e. The van der Waals surface area contributed by atoms with E-state index in [1.807, 2.05) is 18.8 Å². The molecule has 3 N–H and O–H groups in total. The van der Waals surface area contributed by atoms with Gasteiger partial charge >= 0.3 is 0 Å². The average molecular weight is 270 g/mol. The number of thioether (sulfide) groups is 1. The summed E-state index contributed by atoms with van der Waals surface area (Å²) in [6.45, 7) is 3.25. The Morgan fingerprint density at radius 3 is 2.72 bits per heavy atom. The highest BCUT2D eigenvalue weighted by molar-refractivity contribution is 7.99. The second kappa shape index (κ2) is 8.99. The third kappa shape index (κ3) is 4.70. The van der Waals surface area contributed by atoms with Gasteiger partial charge in [-0.2, -0.15) is 11.8 Å². The number of anilines is 2. The largest absolute Gasteiger partial charge is 0.396 e. The van der Waals surface area contributed by atoms with Gasteiger partial charge in [0.05, 0.1) is 0 Å². The predicted octanol–water partition coefficient (Wildman–Crippen LogP) is 1.61. The van der Waals surface area contributed by atoms with Gasteiger partial charge in [0.15, 0.2) is 0 Å². The van der Waals surface area contributed by atoms with Gasteiger partial charge in [-0.25, -0.2) is 9.97 Å². The fraction of sp³-hybridized carbons (Fsp3) is 0.667. The van der Waals surface area contributed by atoms with E-state index in [0.717, 1.165) is 48.1 Å². The molecule has 0 aliphatic carbocycles. The van der Waals surface area contributed by atoms with E-state index >= 15 is 0 Å². The molecule has 18 heavy (non-hydrogen) atoms. The highest BCUT2D eigenvalue weighted by Gasteiger charge is 2.07. The Labute approximate surface area is 113 Å². The van der Waals surface area contributed by atoms with Crippen molar-refractivity contribution in [3.8, 4) is 0 Å². The first-order chi connectivity index (χ1) is 8.83. The van der Waals surface area contributed by atoms with E-state index in [4.69, 9.17) is 5.11 Å². The maximum Gasteiger partial charge on any atom is 0.134 e. The van der Waals surface area contributed by atoms with Crippen LogP contribution in [0, 0.1) is 0 Å². The average Bonchev–Trinajstić information content (AvgIpc) is 2.42. The highest BCUT2D eigenvalue weighted by atomic mass is 32.2. The van der Waals surface area contributed by atoms with E-state index in [0.29, 0.717) is 0 Å². The predicted molar refractivity (Wildman–Crippen MR) is 78.5 cm³/mol. The van der Waals surface area contributed by atoms with Crippen LogP contribution in [0.25, 0.3) is 0 Å². The topological polar surface area (TPSA) is 70.1 Å². The maximum absolute atomic E-state index is 8.67. The fourth-order valence-electron chi connectivity index (χ4n) is 1.63. The maximum atomic E-state index is 8.67. The van der Waals surface area contributed by atoms with Crippen LogP contribution in [0.1, 0.15) is 18.9 Å². The van der Waals surface area contributed by atoms with Gasteiger partial charge in [-0.1, -0.05) is 6.92 Å². The van der Waals surface area contributed by atoms with E-state index in [1.165, 1.54) is 0 Å². The van der Waals surface area contributed by atoms with Crippen LogP contribution >= 0.6 is 11.8 Å². The Bertz CT molecular complexity index is 349. The molecule has 0 fully saturated rings. The minimum Gasteiger partial charge on any atom is -0.396 e. The number of nitrogens with one attached hydrogen (secondary N) is 2. The van der Waals surface area contributed by atoms with Crippen LogP contribution in [-0.2, 0) is 6.42 Å². The molecule has 1 aromatic rings. The second-order valence-corrected chi connectivity index (χ2v) is 4.99. The van der Waals surface area contributed by atoms with Crippen molar-refractivity contribution in [1.29, 1.82) is 0 Å². The monoisotopic (exact) mass is 270 g/mol. The van der Waals surface area contributed by atoms with Crippen molar-refractivity contribution < 1.29 is 5.11 Å². The molecule has 5 nitrogen and oxygen atoms in total. The lowest BCUT2D eigenvalue weighted by molar-refractivity contribution is 0.296. The van der Waals surface area contributed by atoms with Gasteiger partial charge in [-0.15, -0.1) is 0 Å². The molecule has 0 aliphatic rings. The third-order valence-corrected chi connectivity index (χ3v) is 3.59. The van der Waals surface area contributed by atoms with Crippen LogP contribution in [-0.4, -0.2) is 46.8 Å². The molecule has 0 atom stereocenters. The van der Waals surface area contributed by atoms with E-state index in [9.17, 15) is 0 Å². The number of nitrogens with zero attached hydrogens (tertiary/aromatic N) is 2. The van der Waals surface area contributed by atoms with Crippen molar-refractivity contribution in [2.75, 3.05) is 42.3 Å². The summed E-state index contributed by atoms with van der Waals surface area (Å²) in [6, 6.07) is 0.